The summed E-state index contributed by atoms with van der Waals surface area (Å²) in [5, 5.41) is 3.15. The molecule has 0 unspecified atom stereocenters. The average Bonchev–Trinajstić information content (AvgIpc) is 3.00. The number of nitrogens with one attached hydrogen (secondary N) is 1. The van der Waals surface area contributed by atoms with Crippen LogP contribution in [0.1, 0.15) is 18.4 Å². The molecule has 0 spiro atoms. The fourth-order valence-electron chi connectivity index (χ4n) is 1.24. The standard InChI is InChI=1S/C11H15N3/c12-11(14-10-6-7-10)13-8-9-4-2-1-3-5-9/h1-5,10H,6-8H2,(H3,12,13,14). The molecule has 1 aliphatic carbocycles. The average molecular weight is 189 g/mol. The van der Waals surface area contributed by atoms with Crippen molar-refractivity contribution < 1.29 is 0 Å². The van der Waals surface area contributed by atoms with Crippen LogP contribution in [0.5, 0.6) is 0 Å². The molecule has 1 saturated carbocycles. The molecule has 0 heterocycles. The highest BCUT2D eigenvalue weighted by molar-refractivity contribution is 5.78. The molecule has 0 aromatic heterocycles. The van der Waals surface area contributed by atoms with Crippen molar-refractivity contribution in [1.82, 2.24) is 5.32 Å². The third kappa shape index (κ3) is 2.76. The van der Waals surface area contributed by atoms with Crippen LogP contribution in [0.2, 0.25) is 0 Å². The summed E-state index contributed by atoms with van der Waals surface area (Å²) in [4.78, 5) is 4.26. The quantitative estimate of drug-likeness (QED) is 0.555. The maximum Gasteiger partial charge on any atom is 0.189 e. The van der Waals surface area contributed by atoms with E-state index in [1.54, 1.807) is 0 Å². The first-order valence-electron chi connectivity index (χ1n) is 4.95. The first-order valence-corrected chi connectivity index (χ1v) is 4.95. The van der Waals surface area contributed by atoms with Crippen LogP contribution in [0.25, 0.3) is 0 Å². The van der Waals surface area contributed by atoms with Crippen molar-refractivity contribution in [2.45, 2.75) is 25.4 Å². The van der Waals surface area contributed by atoms with Crippen LogP contribution in [-0.4, -0.2) is 12.0 Å². The third-order valence-corrected chi connectivity index (χ3v) is 2.20. The van der Waals surface area contributed by atoms with E-state index < -0.39 is 0 Å². The summed E-state index contributed by atoms with van der Waals surface area (Å²) >= 11 is 0. The van der Waals surface area contributed by atoms with Gasteiger partial charge in [-0.15, -0.1) is 0 Å². The Kier molecular flexibility index (Phi) is 2.68. The van der Waals surface area contributed by atoms with E-state index >= 15 is 0 Å². The van der Waals surface area contributed by atoms with Gasteiger partial charge in [0.25, 0.3) is 0 Å². The van der Waals surface area contributed by atoms with Crippen molar-refractivity contribution in [3.05, 3.63) is 35.9 Å². The smallest absolute Gasteiger partial charge is 0.189 e. The Hall–Kier alpha value is -1.51. The van der Waals surface area contributed by atoms with Crippen LogP contribution in [-0.2, 0) is 6.54 Å². The molecular weight excluding hydrogens is 174 g/mol. The minimum absolute atomic E-state index is 0.566. The number of hydrogen-bond acceptors (Lipinski definition) is 1. The van der Waals surface area contributed by atoms with E-state index in [9.17, 15) is 0 Å². The largest absolute Gasteiger partial charge is 0.370 e. The predicted octanol–water partition coefficient (Wildman–Crippen LogP) is 1.25. The molecule has 0 saturated heterocycles. The Labute approximate surface area is 84.0 Å². The molecule has 0 aliphatic heterocycles. The van der Waals surface area contributed by atoms with Gasteiger partial charge in [0.2, 0.25) is 0 Å². The highest BCUT2D eigenvalue weighted by Gasteiger charge is 2.21. The number of nitrogens with zero attached hydrogens (tertiary/aromatic N) is 1. The zero-order valence-corrected chi connectivity index (χ0v) is 8.11. The normalized spacial score (nSPS) is 16.7. The molecule has 3 N–H and O–H groups in total. The molecule has 2 rings (SSSR count). The number of nitrogens with two attached hydrogens (primary N) is 1. The Morgan fingerprint density at radius 3 is 2.71 bits per heavy atom. The van der Waals surface area contributed by atoms with Gasteiger partial charge < -0.3 is 11.1 Å². The molecule has 0 atom stereocenters. The number of rotatable bonds is 3. The lowest BCUT2D eigenvalue weighted by Crippen LogP contribution is -2.33. The molecule has 74 valence electrons. The fourth-order valence-corrected chi connectivity index (χ4v) is 1.24. The van der Waals surface area contributed by atoms with E-state index in [1.165, 1.54) is 18.4 Å². The monoisotopic (exact) mass is 189 g/mol. The number of guanidine groups is 1. The molecule has 1 aromatic carbocycles. The SMILES string of the molecule is NC(=NCc1ccccc1)NC1CC1. The van der Waals surface area contributed by atoms with Gasteiger partial charge in [-0.2, -0.15) is 0 Å². The lowest BCUT2D eigenvalue weighted by atomic mass is 10.2. The minimum atomic E-state index is 0.566. The summed E-state index contributed by atoms with van der Waals surface area (Å²) in [6, 6.07) is 10.7. The lowest BCUT2D eigenvalue weighted by molar-refractivity contribution is 0.879. The van der Waals surface area contributed by atoms with Crippen LogP contribution >= 0.6 is 0 Å². The van der Waals surface area contributed by atoms with E-state index in [4.69, 9.17) is 5.73 Å². The minimum Gasteiger partial charge on any atom is -0.370 e. The Morgan fingerprint density at radius 1 is 1.36 bits per heavy atom. The topological polar surface area (TPSA) is 50.4 Å². The summed E-state index contributed by atoms with van der Waals surface area (Å²) in [5.74, 6) is 0.566. The summed E-state index contributed by atoms with van der Waals surface area (Å²) < 4.78 is 0. The number of benzene rings is 1. The third-order valence-electron chi connectivity index (χ3n) is 2.20. The first kappa shape index (κ1) is 9.06. The first-order chi connectivity index (χ1) is 6.84. The number of hydrogen-bond donors (Lipinski definition) is 2. The van der Waals surface area contributed by atoms with Gasteiger partial charge in [-0.05, 0) is 18.4 Å². The van der Waals surface area contributed by atoms with E-state index in [0.717, 1.165) is 0 Å². The van der Waals surface area contributed by atoms with Crippen LogP contribution < -0.4 is 11.1 Å². The van der Waals surface area contributed by atoms with E-state index in [1.807, 2.05) is 30.3 Å². The second kappa shape index (κ2) is 4.13. The molecule has 3 heteroatoms. The number of aliphatic imine (C=N–C) groups is 1. The van der Waals surface area contributed by atoms with Gasteiger partial charge in [0.1, 0.15) is 0 Å². The zero-order chi connectivity index (χ0) is 9.80. The molecule has 0 bridgehead atoms. The van der Waals surface area contributed by atoms with Crippen LogP contribution in [0.15, 0.2) is 35.3 Å². The second-order valence-electron chi connectivity index (χ2n) is 3.61. The van der Waals surface area contributed by atoms with Gasteiger partial charge in [-0.1, -0.05) is 30.3 Å². The predicted molar refractivity (Wildman–Crippen MR) is 57.9 cm³/mol. The van der Waals surface area contributed by atoms with Gasteiger partial charge >= 0.3 is 0 Å². The van der Waals surface area contributed by atoms with Crippen LogP contribution in [0.3, 0.4) is 0 Å². The highest BCUT2D eigenvalue weighted by atomic mass is 15.1. The summed E-state index contributed by atoms with van der Waals surface area (Å²) in [5.41, 5.74) is 6.89. The molecule has 1 aromatic rings. The fraction of sp³-hybridized carbons (Fsp3) is 0.364. The Morgan fingerprint density at radius 2 is 2.07 bits per heavy atom. The van der Waals surface area contributed by atoms with Crippen molar-refractivity contribution in [3.8, 4) is 0 Å². The van der Waals surface area contributed by atoms with Crippen LogP contribution in [0, 0.1) is 0 Å². The Balaban J connectivity index is 1.85. The highest BCUT2D eigenvalue weighted by Crippen LogP contribution is 2.18. The van der Waals surface area contributed by atoms with E-state index in [-0.39, 0.29) is 0 Å². The van der Waals surface area contributed by atoms with Gasteiger partial charge in [0, 0.05) is 6.04 Å². The van der Waals surface area contributed by atoms with Crippen molar-refractivity contribution >= 4 is 5.96 Å². The van der Waals surface area contributed by atoms with Gasteiger partial charge in [0.05, 0.1) is 6.54 Å². The molecular formula is C11H15N3. The molecule has 3 nitrogen and oxygen atoms in total. The molecule has 0 amide bonds. The Bertz CT molecular complexity index is 315. The molecule has 1 aliphatic rings. The van der Waals surface area contributed by atoms with Crippen molar-refractivity contribution in [1.29, 1.82) is 0 Å². The molecule has 14 heavy (non-hydrogen) atoms. The van der Waals surface area contributed by atoms with Gasteiger partial charge in [-0.25, -0.2) is 4.99 Å². The zero-order valence-electron chi connectivity index (χ0n) is 8.11. The van der Waals surface area contributed by atoms with Crippen molar-refractivity contribution in [3.63, 3.8) is 0 Å². The van der Waals surface area contributed by atoms with E-state index in [0.29, 0.717) is 18.5 Å². The summed E-state index contributed by atoms with van der Waals surface area (Å²) in [6.07, 6.45) is 2.45. The second-order valence-corrected chi connectivity index (χ2v) is 3.61. The maximum atomic E-state index is 5.70. The van der Waals surface area contributed by atoms with Gasteiger partial charge in [-0.3, -0.25) is 0 Å². The van der Waals surface area contributed by atoms with Crippen molar-refractivity contribution in [2.24, 2.45) is 10.7 Å². The molecule has 0 radical (unpaired) electrons. The summed E-state index contributed by atoms with van der Waals surface area (Å²) in [6.45, 7) is 0.659. The summed E-state index contributed by atoms with van der Waals surface area (Å²) in [7, 11) is 0. The van der Waals surface area contributed by atoms with Gasteiger partial charge in [0.15, 0.2) is 5.96 Å². The maximum absolute atomic E-state index is 5.70. The van der Waals surface area contributed by atoms with E-state index in [2.05, 4.69) is 10.3 Å². The molecule has 1 fully saturated rings. The lowest BCUT2D eigenvalue weighted by Gasteiger charge is -2.02. The van der Waals surface area contributed by atoms with Crippen molar-refractivity contribution in [2.75, 3.05) is 0 Å². The van der Waals surface area contributed by atoms with Crippen LogP contribution in [0.4, 0.5) is 0 Å².